The Kier molecular flexibility index (Phi) is 5.31. The van der Waals surface area contributed by atoms with Gasteiger partial charge in [-0.2, -0.15) is 13.2 Å². The van der Waals surface area contributed by atoms with Crippen LogP contribution in [-0.2, 0) is 0 Å². The van der Waals surface area contributed by atoms with Crippen LogP contribution in [-0.4, -0.2) is 46.8 Å². The molecule has 0 aromatic heterocycles. The quantitative estimate of drug-likeness (QED) is 0.657. The van der Waals surface area contributed by atoms with Crippen molar-refractivity contribution >= 4 is 17.4 Å². The summed E-state index contributed by atoms with van der Waals surface area (Å²) in [6.07, 6.45) is -7.51. The summed E-state index contributed by atoms with van der Waals surface area (Å²) in [6.45, 7) is 0.554. The molecule has 0 radical (unpaired) electrons. The van der Waals surface area contributed by atoms with E-state index in [9.17, 15) is 28.1 Å². The Balaban J connectivity index is 2.76. The number of nitrogens with zero attached hydrogens (tertiary/aromatic N) is 2. The lowest BCUT2D eigenvalue weighted by molar-refractivity contribution is -0.385. The number of urea groups is 1. The molecule has 0 heterocycles. The van der Waals surface area contributed by atoms with E-state index in [2.05, 4.69) is 5.32 Å². The summed E-state index contributed by atoms with van der Waals surface area (Å²) in [7, 11) is 1.06. The summed E-state index contributed by atoms with van der Waals surface area (Å²) in [4.78, 5) is 22.5. The molecule has 22 heavy (non-hydrogen) atoms. The molecule has 1 unspecified atom stereocenters. The summed E-state index contributed by atoms with van der Waals surface area (Å²) in [6, 6.07) is 2.95. The van der Waals surface area contributed by atoms with Crippen molar-refractivity contribution in [1.29, 1.82) is 0 Å². The van der Waals surface area contributed by atoms with E-state index < -0.39 is 29.8 Å². The summed E-state index contributed by atoms with van der Waals surface area (Å²) in [5.74, 6) is 0. The van der Waals surface area contributed by atoms with Crippen molar-refractivity contribution in [3.05, 3.63) is 33.9 Å². The summed E-state index contributed by atoms with van der Waals surface area (Å²) < 4.78 is 36.6. The van der Waals surface area contributed by atoms with Crippen molar-refractivity contribution in [2.24, 2.45) is 0 Å². The lowest BCUT2D eigenvalue weighted by atomic mass is 10.2. The van der Waals surface area contributed by atoms with Gasteiger partial charge in [0, 0.05) is 24.4 Å². The first-order chi connectivity index (χ1) is 10.0. The van der Waals surface area contributed by atoms with Crippen LogP contribution in [0, 0.1) is 17.0 Å². The number of benzene rings is 1. The van der Waals surface area contributed by atoms with Crippen molar-refractivity contribution < 1.29 is 28.0 Å². The van der Waals surface area contributed by atoms with E-state index >= 15 is 0 Å². The van der Waals surface area contributed by atoms with Gasteiger partial charge in [0.05, 0.1) is 11.5 Å². The third-order valence-corrected chi connectivity index (χ3v) is 2.83. The van der Waals surface area contributed by atoms with Crippen molar-refractivity contribution in [1.82, 2.24) is 4.90 Å². The van der Waals surface area contributed by atoms with E-state index in [1.807, 2.05) is 0 Å². The van der Waals surface area contributed by atoms with Gasteiger partial charge in [0.2, 0.25) is 0 Å². The number of aryl methyl sites for hydroxylation is 1. The minimum atomic E-state index is -4.84. The first kappa shape index (κ1) is 17.7. The molecule has 0 spiro atoms. The molecule has 0 aliphatic carbocycles. The second-order valence-corrected chi connectivity index (χ2v) is 4.63. The molecule has 0 fully saturated rings. The predicted octanol–water partition coefficient (Wildman–Crippen LogP) is 2.29. The number of nitro benzene ring substituents is 1. The fourth-order valence-electron chi connectivity index (χ4n) is 1.55. The third-order valence-electron chi connectivity index (χ3n) is 2.83. The predicted molar refractivity (Wildman–Crippen MR) is 71.5 cm³/mol. The highest BCUT2D eigenvalue weighted by molar-refractivity contribution is 5.89. The molecule has 1 atom stereocenters. The Morgan fingerprint density at radius 3 is 2.59 bits per heavy atom. The van der Waals surface area contributed by atoms with Gasteiger partial charge in [0.1, 0.15) is 0 Å². The van der Waals surface area contributed by atoms with Crippen LogP contribution in [0.25, 0.3) is 0 Å². The highest BCUT2D eigenvalue weighted by atomic mass is 19.4. The number of aliphatic hydroxyl groups excluding tert-OH is 1. The number of hydrogen-bond donors (Lipinski definition) is 2. The maximum atomic E-state index is 12.2. The number of nitro groups is 1. The monoisotopic (exact) mass is 321 g/mol. The standard InChI is InChI=1S/C12H14F3N3O4/c1-7-3-4-8(5-9(7)18(21)22)16-11(20)17(2)6-10(19)12(13,14)15/h3-5,10,19H,6H2,1-2H3,(H,16,20). The fourth-order valence-corrected chi connectivity index (χ4v) is 1.55. The first-order valence-electron chi connectivity index (χ1n) is 6.04. The fraction of sp³-hybridized carbons (Fsp3) is 0.417. The Morgan fingerprint density at radius 2 is 2.09 bits per heavy atom. The maximum absolute atomic E-state index is 12.2. The minimum absolute atomic E-state index is 0.0654. The lowest BCUT2D eigenvalue weighted by Gasteiger charge is -2.22. The maximum Gasteiger partial charge on any atom is 0.416 e. The molecule has 2 amide bonds. The largest absolute Gasteiger partial charge is 0.416 e. The van der Waals surface area contributed by atoms with Crippen LogP contribution in [0.3, 0.4) is 0 Å². The number of amides is 2. The van der Waals surface area contributed by atoms with Crippen LogP contribution in [0.15, 0.2) is 18.2 Å². The van der Waals surface area contributed by atoms with Gasteiger partial charge in [-0.3, -0.25) is 10.1 Å². The van der Waals surface area contributed by atoms with Crippen molar-refractivity contribution in [2.75, 3.05) is 18.9 Å². The average molecular weight is 321 g/mol. The second kappa shape index (κ2) is 6.60. The molecule has 0 aliphatic heterocycles. The highest BCUT2D eigenvalue weighted by Gasteiger charge is 2.39. The lowest BCUT2D eigenvalue weighted by Crippen LogP contribution is -2.43. The highest BCUT2D eigenvalue weighted by Crippen LogP contribution is 2.23. The number of anilines is 1. The van der Waals surface area contributed by atoms with E-state index in [1.54, 1.807) is 0 Å². The number of carbonyl (C=O) groups is 1. The van der Waals surface area contributed by atoms with E-state index in [0.29, 0.717) is 10.5 Å². The Hall–Kier alpha value is -2.36. The number of nitrogens with one attached hydrogen (secondary N) is 1. The van der Waals surface area contributed by atoms with E-state index in [0.717, 1.165) is 13.1 Å². The number of likely N-dealkylation sites (N-methyl/N-ethyl adjacent to an activating group) is 1. The molecule has 1 rings (SSSR count). The molecular weight excluding hydrogens is 307 g/mol. The van der Waals surface area contributed by atoms with Gasteiger partial charge in [0.15, 0.2) is 6.10 Å². The van der Waals surface area contributed by atoms with Gasteiger partial charge < -0.3 is 15.3 Å². The number of halogens is 3. The van der Waals surface area contributed by atoms with E-state index in [4.69, 9.17) is 5.11 Å². The summed E-state index contributed by atoms with van der Waals surface area (Å²) in [5.41, 5.74) is 0.218. The van der Waals surface area contributed by atoms with Crippen molar-refractivity contribution in [3.63, 3.8) is 0 Å². The Labute approximate surface area is 123 Å². The van der Waals surface area contributed by atoms with Gasteiger partial charge in [-0.25, -0.2) is 4.79 Å². The zero-order valence-electron chi connectivity index (χ0n) is 11.7. The van der Waals surface area contributed by atoms with Crippen LogP contribution >= 0.6 is 0 Å². The topological polar surface area (TPSA) is 95.7 Å². The third kappa shape index (κ3) is 4.58. The van der Waals surface area contributed by atoms with Gasteiger partial charge in [0.25, 0.3) is 5.69 Å². The normalized spacial score (nSPS) is 12.6. The van der Waals surface area contributed by atoms with Crippen molar-refractivity contribution in [3.8, 4) is 0 Å². The molecule has 10 heteroatoms. The van der Waals surface area contributed by atoms with Gasteiger partial charge in [-0.1, -0.05) is 6.07 Å². The van der Waals surface area contributed by atoms with E-state index in [-0.39, 0.29) is 11.4 Å². The molecule has 2 N–H and O–H groups in total. The van der Waals surface area contributed by atoms with Crippen LogP contribution in [0.2, 0.25) is 0 Å². The molecule has 0 bridgehead atoms. The Bertz CT molecular complexity index is 577. The van der Waals surface area contributed by atoms with Crippen LogP contribution in [0.1, 0.15) is 5.56 Å². The molecular formula is C12H14F3N3O4. The molecule has 122 valence electrons. The van der Waals surface area contributed by atoms with Crippen LogP contribution in [0.4, 0.5) is 29.3 Å². The molecule has 1 aromatic rings. The van der Waals surface area contributed by atoms with Gasteiger partial charge in [-0.05, 0) is 13.0 Å². The van der Waals surface area contributed by atoms with Crippen LogP contribution in [0.5, 0.6) is 0 Å². The number of alkyl halides is 3. The second-order valence-electron chi connectivity index (χ2n) is 4.63. The Morgan fingerprint density at radius 1 is 1.50 bits per heavy atom. The van der Waals surface area contributed by atoms with E-state index in [1.165, 1.54) is 19.1 Å². The molecule has 0 aliphatic rings. The first-order valence-corrected chi connectivity index (χ1v) is 6.04. The zero-order valence-corrected chi connectivity index (χ0v) is 11.7. The number of aliphatic hydroxyl groups is 1. The SMILES string of the molecule is Cc1ccc(NC(=O)N(C)CC(O)C(F)(F)F)cc1[N+](=O)[O-]. The summed E-state index contributed by atoms with van der Waals surface area (Å²) >= 11 is 0. The molecule has 7 nitrogen and oxygen atoms in total. The van der Waals surface area contributed by atoms with Crippen molar-refractivity contribution in [2.45, 2.75) is 19.2 Å². The molecule has 0 saturated carbocycles. The summed E-state index contributed by atoms with van der Waals surface area (Å²) in [5, 5.41) is 21.9. The molecule has 1 aromatic carbocycles. The number of carbonyl (C=O) groups excluding carboxylic acids is 1. The zero-order chi connectivity index (χ0) is 17.1. The van der Waals surface area contributed by atoms with Crippen LogP contribution < -0.4 is 5.32 Å². The number of hydrogen-bond acceptors (Lipinski definition) is 4. The number of rotatable bonds is 4. The minimum Gasteiger partial charge on any atom is -0.382 e. The molecule has 0 saturated heterocycles. The van der Waals surface area contributed by atoms with Gasteiger partial charge in [-0.15, -0.1) is 0 Å². The average Bonchev–Trinajstić information content (AvgIpc) is 2.39. The smallest absolute Gasteiger partial charge is 0.382 e. The van der Waals surface area contributed by atoms with Gasteiger partial charge >= 0.3 is 12.2 Å².